The zero-order valence-electron chi connectivity index (χ0n) is 12.8. The van der Waals surface area contributed by atoms with Crippen molar-refractivity contribution in [1.82, 2.24) is 4.98 Å². The second-order valence-electron chi connectivity index (χ2n) is 6.74. The highest BCUT2D eigenvalue weighted by molar-refractivity contribution is 6.64. The van der Waals surface area contributed by atoms with Gasteiger partial charge in [-0.1, -0.05) is 11.6 Å². The maximum atomic E-state index is 9.97. The van der Waals surface area contributed by atoms with Crippen LogP contribution in [0.3, 0.4) is 0 Å². The molecule has 20 heavy (non-hydrogen) atoms. The molecule has 0 spiro atoms. The number of halogens is 1. The van der Waals surface area contributed by atoms with Crippen LogP contribution in [-0.2, 0) is 14.9 Å². The third-order valence-corrected chi connectivity index (χ3v) is 4.36. The molecule has 1 fully saturated rings. The molecule has 2 rings (SSSR count). The second kappa shape index (κ2) is 4.70. The summed E-state index contributed by atoms with van der Waals surface area (Å²) >= 11 is 6.27. The molecule has 110 valence electrons. The van der Waals surface area contributed by atoms with E-state index in [2.05, 4.69) is 4.98 Å². The van der Waals surface area contributed by atoms with Gasteiger partial charge in [0.1, 0.15) is 0 Å². The van der Waals surface area contributed by atoms with Crippen molar-refractivity contribution in [2.75, 3.05) is 0 Å². The average Bonchev–Trinajstić information content (AvgIpc) is 2.46. The standard InChI is InChI=1S/C14H21BClNO3/c1-12(2,18)9-7-10(16)11(17-8-9)15-19-13(3,4)14(5,6)20-15/h7-8,18H,1-6H3. The number of aromatic nitrogens is 1. The summed E-state index contributed by atoms with van der Waals surface area (Å²) in [5.41, 5.74) is -0.651. The van der Waals surface area contributed by atoms with E-state index in [1.807, 2.05) is 27.7 Å². The molecule has 0 radical (unpaired) electrons. The first-order valence-corrected chi connectivity index (χ1v) is 7.06. The second-order valence-corrected chi connectivity index (χ2v) is 7.15. The minimum absolute atomic E-state index is 0.433. The van der Waals surface area contributed by atoms with Gasteiger partial charge in [-0.05, 0) is 47.6 Å². The Balaban J connectivity index is 2.33. The van der Waals surface area contributed by atoms with Gasteiger partial charge in [0.15, 0.2) is 0 Å². The molecule has 1 aliphatic heterocycles. The summed E-state index contributed by atoms with van der Waals surface area (Å²) in [6.07, 6.45) is 1.60. The lowest BCUT2D eigenvalue weighted by Crippen LogP contribution is -2.41. The largest absolute Gasteiger partial charge is 0.516 e. The third-order valence-electron chi connectivity index (χ3n) is 4.05. The van der Waals surface area contributed by atoms with Crippen LogP contribution in [0, 0.1) is 0 Å². The zero-order valence-corrected chi connectivity index (χ0v) is 13.6. The summed E-state index contributed by atoms with van der Waals surface area (Å²) in [6, 6.07) is 1.70. The highest BCUT2D eigenvalue weighted by Gasteiger charge is 2.53. The summed E-state index contributed by atoms with van der Waals surface area (Å²) in [7, 11) is -0.594. The Hall–Kier alpha value is -0.615. The topological polar surface area (TPSA) is 51.6 Å². The van der Waals surface area contributed by atoms with Gasteiger partial charge in [-0.25, -0.2) is 0 Å². The van der Waals surface area contributed by atoms with Crippen molar-refractivity contribution < 1.29 is 14.4 Å². The van der Waals surface area contributed by atoms with E-state index in [1.54, 1.807) is 26.1 Å². The van der Waals surface area contributed by atoms with Gasteiger partial charge in [0.05, 0.1) is 27.4 Å². The SMILES string of the molecule is CC(C)(O)c1cnc(B2OC(C)(C)C(C)(C)O2)c(Cl)c1. The van der Waals surface area contributed by atoms with E-state index in [1.165, 1.54) is 0 Å². The van der Waals surface area contributed by atoms with Crippen LogP contribution < -0.4 is 5.59 Å². The van der Waals surface area contributed by atoms with Crippen LogP contribution in [0.2, 0.25) is 5.02 Å². The van der Waals surface area contributed by atoms with Crippen LogP contribution in [0.5, 0.6) is 0 Å². The first kappa shape index (κ1) is 15.8. The molecule has 1 aliphatic rings. The minimum Gasteiger partial charge on any atom is -0.398 e. The van der Waals surface area contributed by atoms with Crippen molar-refractivity contribution in [3.63, 3.8) is 0 Å². The Morgan fingerprint density at radius 1 is 1.20 bits per heavy atom. The molecule has 0 saturated carbocycles. The zero-order chi connectivity index (χ0) is 15.3. The molecule has 0 atom stereocenters. The van der Waals surface area contributed by atoms with Gasteiger partial charge in [0.2, 0.25) is 0 Å². The van der Waals surface area contributed by atoms with Crippen molar-refractivity contribution in [3.8, 4) is 0 Å². The highest BCUT2D eigenvalue weighted by atomic mass is 35.5. The number of pyridine rings is 1. The number of hydrogen-bond acceptors (Lipinski definition) is 4. The van der Waals surface area contributed by atoms with E-state index in [9.17, 15) is 5.11 Å². The Morgan fingerprint density at radius 3 is 2.10 bits per heavy atom. The minimum atomic E-state index is -0.981. The van der Waals surface area contributed by atoms with Gasteiger partial charge < -0.3 is 14.4 Å². The molecule has 0 unspecified atom stereocenters. The van der Waals surface area contributed by atoms with E-state index in [0.29, 0.717) is 16.2 Å². The van der Waals surface area contributed by atoms with Crippen molar-refractivity contribution in [1.29, 1.82) is 0 Å². The molecule has 1 N–H and O–H groups in total. The fourth-order valence-electron chi connectivity index (χ4n) is 1.91. The summed E-state index contributed by atoms with van der Waals surface area (Å²) in [5, 5.41) is 10.4. The molecule has 6 heteroatoms. The molecule has 0 aliphatic carbocycles. The fraction of sp³-hybridized carbons (Fsp3) is 0.643. The number of aliphatic hydroxyl groups is 1. The summed E-state index contributed by atoms with van der Waals surface area (Å²) < 4.78 is 11.8. The van der Waals surface area contributed by atoms with E-state index in [0.717, 1.165) is 0 Å². The van der Waals surface area contributed by atoms with E-state index in [4.69, 9.17) is 20.9 Å². The van der Waals surface area contributed by atoms with Gasteiger partial charge in [-0.3, -0.25) is 4.98 Å². The maximum Gasteiger partial charge on any atom is 0.516 e. The Labute approximate surface area is 125 Å². The molecule has 0 amide bonds. The molecule has 1 saturated heterocycles. The van der Waals surface area contributed by atoms with Crippen LogP contribution in [0.4, 0.5) is 0 Å². The van der Waals surface area contributed by atoms with Crippen molar-refractivity contribution in [2.45, 2.75) is 58.3 Å². The lowest BCUT2D eigenvalue weighted by Gasteiger charge is -2.32. The lowest BCUT2D eigenvalue weighted by molar-refractivity contribution is 0.00578. The fourth-order valence-corrected chi connectivity index (χ4v) is 2.17. The maximum absolute atomic E-state index is 9.97. The van der Waals surface area contributed by atoms with E-state index < -0.39 is 23.9 Å². The van der Waals surface area contributed by atoms with Crippen LogP contribution in [0.25, 0.3) is 0 Å². The number of rotatable bonds is 2. The molecular weight excluding hydrogens is 276 g/mol. The first-order chi connectivity index (χ1) is 8.94. The summed E-state index contributed by atoms with van der Waals surface area (Å²) in [5.74, 6) is 0. The molecule has 1 aromatic heterocycles. The number of nitrogens with zero attached hydrogens (tertiary/aromatic N) is 1. The predicted octanol–water partition coefficient (Wildman–Crippen LogP) is 2.26. The molecule has 0 aromatic carbocycles. The van der Waals surface area contributed by atoms with Crippen molar-refractivity contribution in [2.24, 2.45) is 0 Å². The van der Waals surface area contributed by atoms with Gasteiger partial charge in [0, 0.05) is 11.8 Å². The summed E-state index contributed by atoms with van der Waals surface area (Å²) in [4.78, 5) is 4.32. The third kappa shape index (κ3) is 2.73. The average molecular weight is 298 g/mol. The van der Waals surface area contributed by atoms with Crippen molar-refractivity contribution >= 4 is 24.3 Å². The lowest BCUT2D eigenvalue weighted by atomic mass is 9.83. The Morgan fingerprint density at radius 2 is 1.70 bits per heavy atom. The van der Waals surface area contributed by atoms with Gasteiger partial charge in [0.25, 0.3) is 0 Å². The predicted molar refractivity (Wildman–Crippen MR) is 80.2 cm³/mol. The Kier molecular flexibility index (Phi) is 3.71. The van der Waals surface area contributed by atoms with Crippen molar-refractivity contribution in [3.05, 3.63) is 22.8 Å². The monoisotopic (exact) mass is 297 g/mol. The quantitative estimate of drug-likeness (QED) is 0.851. The first-order valence-electron chi connectivity index (χ1n) is 6.68. The van der Waals surface area contributed by atoms with Gasteiger partial charge in [-0.2, -0.15) is 0 Å². The molecule has 2 heterocycles. The van der Waals surface area contributed by atoms with Crippen LogP contribution in [-0.4, -0.2) is 28.4 Å². The molecular formula is C14H21BClNO3. The Bertz CT molecular complexity index is 510. The highest BCUT2D eigenvalue weighted by Crippen LogP contribution is 2.37. The molecule has 0 bridgehead atoms. The smallest absolute Gasteiger partial charge is 0.398 e. The summed E-state index contributed by atoms with van der Waals surface area (Å²) in [6.45, 7) is 11.3. The van der Waals surface area contributed by atoms with Gasteiger partial charge >= 0.3 is 7.12 Å². The molecule has 1 aromatic rings. The van der Waals surface area contributed by atoms with E-state index in [-0.39, 0.29) is 0 Å². The number of hydrogen-bond donors (Lipinski definition) is 1. The van der Waals surface area contributed by atoms with E-state index >= 15 is 0 Å². The van der Waals surface area contributed by atoms with Gasteiger partial charge in [-0.15, -0.1) is 0 Å². The van der Waals surface area contributed by atoms with Crippen LogP contribution in [0.15, 0.2) is 12.3 Å². The molecule has 4 nitrogen and oxygen atoms in total. The normalized spacial score (nSPS) is 21.3. The van der Waals surface area contributed by atoms with Crippen LogP contribution >= 0.6 is 11.6 Å². The van der Waals surface area contributed by atoms with Crippen LogP contribution in [0.1, 0.15) is 47.1 Å².